The van der Waals surface area contributed by atoms with Gasteiger partial charge in [0.2, 0.25) is 5.78 Å². The van der Waals surface area contributed by atoms with Crippen molar-refractivity contribution in [3.8, 4) is 0 Å². The summed E-state index contributed by atoms with van der Waals surface area (Å²) < 4.78 is 12.0. The molecule has 0 bridgehead atoms. The molecule has 198 valence electrons. The summed E-state index contributed by atoms with van der Waals surface area (Å²) in [5.74, 6) is -0.716. The van der Waals surface area contributed by atoms with Gasteiger partial charge in [-0.1, -0.05) is 113 Å². The van der Waals surface area contributed by atoms with Gasteiger partial charge in [-0.2, -0.15) is 0 Å². The fourth-order valence-electron chi connectivity index (χ4n) is 4.51. The highest BCUT2D eigenvalue weighted by Gasteiger charge is 2.41. The van der Waals surface area contributed by atoms with Gasteiger partial charge < -0.3 is 9.47 Å². The van der Waals surface area contributed by atoms with Crippen LogP contribution in [0.25, 0.3) is 5.57 Å². The van der Waals surface area contributed by atoms with Crippen molar-refractivity contribution in [3.05, 3.63) is 89.5 Å². The molecular formula is C33H42O4. The first-order valence-corrected chi connectivity index (χ1v) is 13.9. The van der Waals surface area contributed by atoms with E-state index in [4.69, 9.17) is 9.47 Å². The lowest BCUT2D eigenvalue weighted by molar-refractivity contribution is -0.169. The zero-order valence-electron chi connectivity index (χ0n) is 22.7. The summed E-state index contributed by atoms with van der Waals surface area (Å²) in [5, 5.41) is 0. The van der Waals surface area contributed by atoms with Crippen molar-refractivity contribution in [1.82, 2.24) is 0 Å². The Bertz CT molecular complexity index is 1050. The highest BCUT2D eigenvalue weighted by molar-refractivity contribution is 6.00. The number of rotatable bonds is 15. The second kappa shape index (κ2) is 14.7. The van der Waals surface area contributed by atoms with Gasteiger partial charge in [-0.3, -0.25) is 4.79 Å². The molecule has 37 heavy (non-hydrogen) atoms. The van der Waals surface area contributed by atoms with Gasteiger partial charge in [-0.05, 0) is 49.0 Å². The second-order valence-corrected chi connectivity index (χ2v) is 9.93. The molecule has 0 amide bonds. The first-order chi connectivity index (χ1) is 18.0. The number of ketones is 1. The molecular weight excluding hydrogens is 460 g/mol. The molecule has 0 spiro atoms. The quantitative estimate of drug-likeness (QED) is 0.141. The lowest BCUT2D eigenvalue weighted by atomic mass is 9.89. The summed E-state index contributed by atoms with van der Waals surface area (Å²) in [6.45, 7) is 6.46. The van der Waals surface area contributed by atoms with Gasteiger partial charge >= 0.3 is 5.97 Å². The fraction of sp³-hybridized carbons (Fsp3) is 0.455. The van der Waals surface area contributed by atoms with E-state index in [0.29, 0.717) is 18.6 Å². The monoisotopic (exact) mass is 502 g/mol. The highest BCUT2D eigenvalue weighted by Crippen LogP contribution is 2.31. The minimum atomic E-state index is -1.22. The summed E-state index contributed by atoms with van der Waals surface area (Å²) in [4.78, 5) is 26.5. The molecule has 0 saturated heterocycles. The molecule has 2 aromatic carbocycles. The van der Waals surface area contributed by atoms with Crippen LogP contribution in [0, 0.1) is 0 Å². The number of esters is 1. The highest BCUT2D eigenvalue weighted by atomic mass is 16.6. The number of hydrogen-bond acceptors (Lipinski definition) is 4. The summed E-state index contributed by atoms with van der Waals surface area (Å²) in [5.41, 5.74) is 2.68. The third-order valence-electron chi connectivity index (χ3n) is 6.93. The number of unbranched alkanes of at least 4 members (excludes halogenated alkanes) is 5. The van der Waals surface area contributed by atoms with Gasteiger partial charge in [-0.15, -0.1) is 0 Å². The normalized spacial score (nSPS) is 17.8. The maximum Gasteiger partial charge on any atom is 0.343 e. The van der Waals surface area contributed by atoms with E-state index in [0.717, 1.165) is 49.7 Å². The van der Waals surface area contributed by atoms with Gasteiger partial charge in [0.25, 0.3) is 0 Å². The molecule has 1 aliphatic rings. The van der Waals surface area contributed by atoms with Crippen LogP contribution < -0.4 is 0 Å². The Morgan fingerprint density at radius 3 is 2.24 bits per heavy atom. The number of allylic oxidation sites excluding steroid dienone is 2. The minimum absolute atomic E-state index is 0.203. The molecule has 0 radical (unpaired) electrons. The topological polar surface area (TPSA) is 52.6 Å². The van der Waals surface area contributed by atoms with E-state index in [-0.39, 0.29) is 5.78 Å². The summed E-state index contributed by atoms with van der Waals surface area (Å²) in [7, 11) is 0. The van der Waals surface area contributed by atoms with E-state index in [1.165, 1.54) is 18.4 Å². The van der Waals surface area contributed by atoms with Gasteiger partial charge in [0.15, 0.2) is 11.7 Å². The molecule has 2 aromatic rings. The van der Waals surface area contributed by atoms with Crippen LogP contribution in [0.4, 0.5) is 0 Å². The van der Waals surface area contributed by atoms with Crippen LogP contribution in [0.1, 0.15) is 93.6 Å². The zero-order chi connectivity index (χ0) is 26.5. The molecule has 0 saturated carbocycles. The average Bonchev–Trinajstić information content (AvgIpc) is 2.94. The molecule has 0 fully saturated rings. The van der Waals surface area contributed by atoms with Gasteiger partial charge in [-0.25, -0.2) is 4.79 Å². The van der Waals surface area contributed by atoms with E-state index in [2.05, 4.69) is 13.8 Å². The Labute approximate surface area is 222 Å². The molecule has 0 aliphatic heterocycles. The molecule has 1 aliphatic carbocycles. The van der Waals surface area contributed by atoms with E-state index in [1.807, 2.05) is 72.8 Å². The average molecular weight is 503 g/mol. The van der Waals surface area contributed by atoms with Crippen molar-refractivity contribution in [2.24, 2.45) is 0 Å². The first kappa shape index (κ1) is 28.6. The van der Waals surface area contributed by atoms with Crippen LogP contribution in [0.15, 0.2) is 72.8 Å². The van der Waals surface area contributed by atoms with E-state index in [9.17, 15) is 9.59 Å². The molecule has 3 rings (SSSR count). The Hall–Kier alpha value is -2.98. The van der Waals surface area contributed by atoms with Gasteiger partial charge in [0.1, 0.15) is 0 Å². The largest absolute Gasteiger partial charge is 0.452 e. The van der Waals surface area contributed by atoms with Crippen LogP contribution in [0.5, 0.6) is 0 Å². The Morgan fingerprint density at radius 2 is 1.59 bits per heavy atom. The van der Waals surface area contributed by atoms with Crippen molar-refractivity contribution >= 4 is 17.3 Å². The minimum Gasteiger partial charge on any atom is -0.452 e. The van der Waals surface area contributed by atoms with Crippen LogP contribution in [-0.2, 0) is 20.7 Å². The third kappa shape index (κ3) is 8.26. The number of aryl methyl sites for hydroxylation is 1. The van der Waals surface area contributed by atoms with Crippen molar-refractivity contribution < 1.29 is 19.1 Å². The van der Waals surface area contributed by atoms with Crippen molar-refractivity contribution in [2.75, 3.05) is 6.61 Å². The van der Waals surface area contributed by atoms with Gasteiger partial charge in [0.05, 0.1) is 0 Å². The Morgan fingerprint density at radius 1 is 0.892 bits per heavy atom. The summed E-state index contributed by atoms with van der Waals surface area (Å²) in [6.07, 6.45) is 14.0. The van der Waals surface area contributed by atoms with Crippen molar-refractivity contribution in [3.63, 3.8) is 0 Å². The number of benzene rings is 2. The SMILES string of the molecule is CCCCCCCOC1(C(=O)OC(C)C(=O)c2ccc(CCCC)cc2)C=CC(c2ccccc2)=CC1. The van der Waals surface area contributed by atoms with Crippen molar-refractivity contribution in [1.29, 1.82) is 0 Å². The van der Waals surface area contributed by atoms with E-state index in [1.54, 1.807) is 6.92 Å². The predicted octanol–water partition coefficient (Wildman–Crippen LogP) is 7.91. The van der Waals surface area contributed by atoms with Crippen molar-refractivity contribution in [2.45, 2.75) is 90.3 Å². The van der Waals surface area contributed by atoms with Crippen LogP contribution in [0.3, 0.4) is 0 Å². The predicted molar refractivity (Wildman–Crippen MR) is 151 cm³/mol. The summed E-state index contributed by atoms with van der Waals surface area (Å²) in [6, 6.07) is 17.7. The maximum atomic E-state index is 13.5. The smallest absolute Gasteiger partial charge is 0.343 e. The first-order valence-electron chi connectivity index (χ1n) is 13.9. The number of carbonyl (C=O) groups excluding carboxylic acids is 2. The summed E-state index contributed by atoms with van der Waals surface area (Å²) >= 11 is 0. The molecule has 2 unspecified atom stereocenters. The Kier molecular flexibility index (Phi) is 11.3. The van der Waals surface area contributed by atoms with Crippen LogP contribution >= 0.6 is 0 Å². The van der Waals surface area contributed by atoms with Crippen LogP contribution in [-0.4, -0.2) is 30.1 Å². The maximum absolute atomic E-state index is 13.5. The lowest BCUT2D eigenvalue weighted by Gasteiger charge is -2.31. The third-order valence-corrected chi connectivity index (χ3v) is 6.93. The number of hydrogen-bond donors (Lipinski definition) is 0. The lowest BCUT2D eigenvalue weighted by Crippen LogP contribution is -2.44. The van der Waals surface area contributed by atoms with E-state index < -0.39 is 17.7 Å². The molecule has 4 nitrogen and oxygen atoms in total. The van der Waals surface area contributed by atoms with Gasteiger partial charge in [0, 0.05) is 18.6 Å². The number of ether oxygens (including phenoxy) is 2. The van der Waals surface area contributed by atoms with E-state index >= 15 is 0 Å². The second-order valence-electron chi connectivity index (χ2n) is 9.93. The molecule has 2 atom stereocenters. The molecule has 0 aromatic heterocycles. The molecule has 0 N–H and O–H groups in total. The molecule has 0 heterocycles. The Balaban J connectivity index is 1.67. The molecule has 4 heteroatoms. The fourth-order valence-corrected chi connectivity index (χ4v) is 4.51. The number of carbonyl (C=O) groups is 2. The van der Waals surface area contributed by atoms with Crippen LogP contribution in [0.2, 0.25) is 0 Å². The zero-order valence-corrected chi connectivity index (χ0v) is 22.7. The standard InChI is InChI=1S/C33H42O4/c1-4-6-8-9-13-25-36-33(23-21-29(22-24-33)28-15-11-10-12-16-28)32(35)37-26(3)31(34)30-19-17-27(18-20-30)14-7-5-2/h10-12,15-23,26H,4-9,13-14,24-25H2,1-3H3. The number of Topliss-reactive ketones (excluding diaryl/α,β-unsaturated/α-hetero) is 1.